The zero-order valence-corrected chi connectivity index (χ0v) is 18.7. The van der Waals surface area contributed by atoms with E-state index in [1.807, 2.05) is 42.5 Å². The number of ether oxygens (including phenoxy) is 1. The molecule has 2 aromatic carbocycles. The van der Waals surface area contributed by atoms with Gasteiger partial charge in [-0.05, 0) is 66.1 Å². The number of hydrogen-bond acceptors (Lipinski definition) is 7. The van der Waals surface area contributed by atoms with Crippen molar-refractivity contribution < 1.29 is 9.53 Å². The molecule has 1 aromatic heterocycles. The number of halogens is 1. The number of piperidine rings is 1. The summed E-state index contributed by atoms with van der Waals surface area (Å²) in [5.74, 6) is 0.772. The summed E-state index contributed by atoms with van der Waals surface area (Å²) in [6.45, 7) is 1.88. The molecular formula is C21H23ClN6O2S. The number of para-hydroxylation sites is 1. The Bertz CT molecular complexity index is 1040. The number of carbonyl (C=O) groups excluding carboxylic acids is 1. The molecule has 1 N–H and O–H groups in total. The summed E-state index contributed by atoms with van der Waals surface area (Å²) in [6, 6.07) is 13.0. The summed E-state index contributed by atoms with van der Waals surface area (Å²) in [6.07, 6.45) is 3.48. The molecule has 0 saturated carbocycles. The third kappa shape index (κ3) is 5.11. The average Bonchev–Trinajstić information content (AvgIpc) is 3.27. The first-order valence-electron chi connectivity index (χ1n) is 10.0. The van der Waals surface area contributed by atoms with E-state index in [1.165, 1.54) is 18.2 Å². The second-order valence-corrected chi connectivity index (χ2v) is 8.44. The number of anilines is 2. The van der Waals surface area contributed by atoms with E-state index in [-0.39, 0.29) is 11.7 Å². The van der Waals surface area contributed by atoms with Crippen molar-refractivity contribution in [3.05, 3.63) is 47.5 Å². The summed E-state index contributed by atoms with van der Waals surface area (Å²) in [7, 11) is 1.61. The van der Waals surface area contributed by atoms with Gasteiger partial charge in [-0.25, -0.2) is 0 Å². The number of rotatable bonds is 7. The molecule has 1 amide bonds. The van der Waals surface area contributed by atoms with Crippen molar-refractivity contribution in [2.24, 2.45) is 0 Å². The van der Waals surface area contributed by atoms with Gasteiger partial charge in [-0.2, -0.15) is 4.68 Å². The van der Waals surface area contributed by atoms with E-state index in [2.05, 4.69) is 25.7 Å². The largest absolute Gasteiger partial charge is 0.497 e. The van der Waals surface area contributed by atoms with E-state index in [0.29, 0.717) is 10.2 Å². The van der Waals surface area contributed by atoms with Gasteiger partial charge in [-0.15, -0.1) is 5.10 Å². The number of nitrogens with zero attached hydrogens (tertiary/aromatic N) is 5. The van der Waals surface area contributed by atoms with Gasteiger partial charge in [0.15, 0.2) is 0 Å². The minimum atomic E-state index is -0.144. The summed E-state index contributed by atoms with van der Waals surface area (Å²) in [5, 5.41) is 16.0. The van der Waals surface area contributed by atoms with Crippen LogP contribution in [0.5, 0.6) is 5.75 Å². The Morgan fingerprint density at radius 3 is 2.68 bits per heavy atom. The minimum absolute atomic E-state index is 0.144. The van der Waals surface area contributed by atoms with E-state index >= 15 is 0 Å². The SMILES string of the molecule is COc1ccc(-n2nnnc2SCC(=O)Nc2cccc(Cl)c2N2CCCCC2)cc1. The van der Waals surface area contributed by atoms with E-state index in [4.69, 9.17) is 16.3 Å². The van der Waals surface area contributed by atoms with Crippen molar-refractivity contribution in [1.29, 1.82) is 0 Å². The normalized spacial score (nSPS) is 13.8. The molecule has 0 radical (unpaired) electrons. The molecule has 31 heavy (non-hydrogen) atoms. The average molecular weight is 459 g/mol. The molecule has 0 aliphatic carbocycles. The number of methoxy groups -OCH3 is 1. The summed E-state index contributed by atoms with van der Waals surface area (Å²) >= 11 is 7.75. The summed E-state index contributed by atoms with van der Waals surface area (Å²) < 4.78 is 6.78. The van der Waals surface area contributed by atoms with Gasteiger partial charge in [0.25, 0.3) is 0 Å². The highest BCUT2D eigenvalue weighted by Gasteiger charge is 2.19. The number of aromatic nitrogens is 4. The lowest BCUT2D eigenvalue weighted by Crippen LogP contribution is -2.31. The molecule has 1 aliphatic heterocycles. The van der Waals surface area contributed by atoms with E-state index in [1.54, 1.807) is 11.8 Å². The van der Waals surface area contributed by atoms with E-state index < -0.39 is 0 Å². The zero-order chi connectivity index (χ0) is 21.6. The van der Waals surface area contributed by atoms with Crippen molar-refractivity contribution in [1.82, 2.24) is 20.2 Å². The minimum Gasteiger partial charge on any atom is -0.497 e. The number of nitrogens with one attached hydrogen (secondary N) is 1. The van der Waals surface area contributed by atoms with Gasteiger partial charge in [-0.1, -0.05) is 29.4 Å². The van der Waals surface area contributed by atoms with Crippen molar-refractivity contribution in [3.8, 4) is 11.4 Å². The first kappa shape index (κ1) is 21.5. The summed E-state index contributed by atoms with van der Waals surface area (Å²) in [4.78, 5) is 14.9. The molecule has 1 fully saturated rings. The Hall–Kier alpha value is -2.78. The maximum absolute atomic E-state index is 12.7. The van der Waals surface area contributed by atoms with Crippen LogP contribution in [-0.2, 0) is 4.79 Å². The third-order valence-electron chi connectivity index (χ3n) is 5.02. The van der Waals surface area contributed by atoms with Gasteiger partial charge in [0, 0.05) is 13.1 Å². The molecular weight excluding hydrogens is 436 g/mol. The number of amides is 1. The summed E-state index contributed by atoms with van der Waals surface area (Å²) in [5.41, 5.74) is 2.41. The predicted molar refractivity (Wildman–Crippen MR) is 123 cm³/mol. The van der Waals surface area contributed by atoms with Gasteiger partial charge in [0.2, 0.25) is 11.1 Å². The number of carbonyl (C=O) groups is 1. The fourth-order valence-corrected chi connectivity index (χ4v) is 4.51. The molecule has 0 atom stereocenters. The Labute approximate surface area is 189 Å². The molecule has 1 aliphatic rings. The fraction of sp³-hybridized carbons (Fsp3) is 0.333. The number of benzene rings is 2. The maximum Gasteiger partial charge on any atom is 0.234 e. The van der Waals surface area contributed by atoms with Crippen LogP contribution in [0.1, 0.15) is 19.3 Å². The smallest absolute Gasteiger partial charge is 0.234 e. The highest BCUT2D eigenvalue weighted by molar-refractivity contribution is 7.99. The molecule has 162 valence electrons. The van der Waals surface area contributed by atoms with Crippen LogP contribution in [-0.4, -0.2) is 52.1 Å². The lowest BCUT2D eigenvalue weighted by Gasteiger charge is -2.31. The molecule has 0 spiro atoms. The zero-order valence-electron chi connectivity index (χ0n) is 17.1. The van der Waals surface area contributed by atoms with Crippen LogP contribution in [0.4, 0.5) is 11.4 Å². The molecule has 2 heterocycles. The van der Waals surface area contributed by atoms with Gasteiger partial charge in [0.1, 0.15) is 5.75 Å². The molecule has 1 saturated heterocycles. The van der Waals surface area contributed by atoms with Crippen molar-refractivity contribution in [2.75, 3.05) is 36.2 Å². The topological polar surface area (TPSA) is 85.2 Å². The quantitative estimate of drug-likeness (QED) is 0.534. The monoisotopic (exact) mass is 458 g/mol. The standard InChI is InChI=1S/C21H23ClN6O2S/c1-30-16-10-8-15(9-11-16)28-21(24-25-26-28)31-14-19(29)23-18-7-5-6-17(22)20(18)27-12-3-2-4-13-27/h5-11H,2-4,12-14H2,1H3,(H,23,29). The molecule has 4 rings (SSSR count). The van der Waals surface area contributed by atoms with Crippen molar-refractivity contribution in [3.63, 3.8) is 0 Å². The lowest BCUT2D eigenvalue weighted by molar-refractivity contribution is -0.113. The highest BCUT2D eigenvalue weighted by atomic mass is 35.5. The Morgan fingerprint density at radius 2 is 1.94 bits per heavy atom. The van der Waals surface area contributed by atoms with Gasteiger partial charge < -0.3 is 15.0 Å². The van der Waals surface area contributed by atoms with Crippen LogP contribution in [0, 0.1) is 0 Å². The molecule has 10 heteroatoms. The van der Waals surface area contributed by atoms with Gasteiger partial charge in [0.05, 0.1) is 34.9 Å². The number of tetrazole rings is 1. The molecule has 0 unspecified atom stereocenters. The number of hydrogen-bond donors (Lipinski definition) is 1. The van der Waals surface area contributed by atoms with Crippen LogP contribution in [0.3, 0.4) is 0 Å². The van der Waals surface area contributed by atoms with Crippen LogP contribution in [0.15, 0.2) is 47.6 Å². The van der Waals surface area contributed by atoms with Crippen molar-refractivity contribution in [2.45, 2.75) is 24.4 Å². The molecule has 8 nitrogen and oxygen atoms in total. The Morgan fingerprint density at radius 1 is 1.16 bits per heavy atom. The Kier molecular flexibility index (Phi) is 6.93. The van der Waals surface area contributed by atoms with Crippen LogP contribution in [0.25, 0.3) is 5.69 Å². The van der Waals surface area contributed by atoms with Gasteiger partial charge >= 0.3 is 0 Å². The maximum atomic E-state index is 12.7. The van der Waals surface area contributed by atoms with Crippen molar-refractivity contribution >= 4 is 40.6 Å². The Balaban J connectivity index is 1.43. The fourth-order valence-electron chi connectivity index (χ4n) is 3.53. The van der Waals surface area contributed by atoms with Gasteiger partial charge in [-0.3, -0.25) is 4.79 Å². The molecule has 0 bridgehead atoms. The van der Waals surface area contributed by atoms with Crippen LogP contribution >= 0.6 is 23.4 Å². The molecule has 3 aromatic rings. The van der Waals surface area contributed by atoms with Crippen LogP contribution < -0.4 is 15.0 Å². The first-order valence-corrected chi connectivity index (χ1v) is 11.4. The van der Waals surface area contributed by atoms with E-state index in [0.717, 1.165) is 48.7 Å². The first-order chi connectivity index (χ1) is 15.2. The lowest BCUT2D eigenvalue weighted by atomic mass is 10.1. The third-order valence-corrected chi connectivity index (χ3v) is 6.25. The highest BCUT2D eigenvalue weighted by Crippen LogP contribution is 2.35. The van der Waals surface area contributed by atoms with Crippen LogP contribution in [0.2, 0.25) is 5.02 Å². The second kappa shape index (κ2) is 10.0. The van der Waals surface area contributed by atoms with E-state index in [9.17, 15) is 4.79 Å². The second-order valence-electron chi connectivity index (χ2n) is 7.09. The number of thioether (sulfide) groups is 1. The predicted octanol–water partition coefficient (Wildman–Crippen LogP) is 4.05.